The van der Waals surface area contributed by atoms with E-state index in [0.29, 0.717) is 0 Å². The molecule has 1 heterocycles. The van der Waals surface area contributed by atoms with Gasteiger partial charge in [-0.15, -0.1) is 5.10 Å². The Morgan fingerprint density at radius 1 is 1.33 bits per heavy atom. The smallest absolute Gasteiger partial charge is 0.271 e. The van der Waals surface area contributed by atoms with Crippen molar-refractivity contribution in [3.05, 3.63) is 64.2 Å². The van der Waals surface area contributed by atoms with Gasteiger partial charge in [-0.1, -0.05) is 17.8 Å². The van der Waals surface area contributed by atoms with E-state index in [1.54, 1.807) is 19.2 Å². The van der Waals surface area contributed by atoms with Crippen molar-refractivity contribution in [2.75, 3.05) is 12.4 Å². The lowest BCUT2D eigenvalue weighted by molar-refractivity contribution is -0.384. The van der Waals surface area contributed by atoms with Gasteiger partial charge in [-0.25, -0.2) is 0 Å². The molecule has 1 atom stereocenters. The number of carbonyl (C=O) groups is 2. The summed E-state index contributed by atoms with van der Waals surface area (Å²) >= 11 is 1.09. The van der Waals surface area contributed by atoms with Crippen LogP contribution in [0.4, 0.5) is 11.4 Å². The van der Waals surface area contributed by atoms with E-state index < -0.39 is 16.1 Å². The zero-order valence-electron chi connectivity index (χ0n) is 15.8. The van der Waals surface area contributed by atoms with Crippen LogP contribution in [-0.2, 0) is 9.59 Å². The van der Waals surface area contributed by atoms with Gasteiger partial charge >= 0.3 is 0 Å². The van der Waals surface area contributed by atoms with Crippen LogP contribution >= 0.6 is 11.8 Å². The molecule has 0 radical (unpaired) electrons. The molecule has 0 saturated carbocycles. The largest absolute Gasteiger partial charge is 0.497 e. The first-order chi connectivity index (χ1) is 14.4. The quantitative estimate of drug-likeness (QED) is 0.396. The second-order valence-electron chi connectivity index (χ2n) is 6.08. The molecule has 2 aromatic rings. The van der Waals surface area contributed by atoms with E-state index in [2.05, 4.69) is 20.8 Å². The minimum atomic E-state index is -0.668. The van der Waals surface area contributed by atoms with Gasteiger partial charge in [0, 0.05) is 24.2 Å². The SMILES string of the molecule is COc1ccc(/C=N\N=C2/NC(=O)[C@H](CC(=O)Nc3cccc([N+](=O)[O-])c3)S2)cc1. The van der Waals surface area contributed by atoms with Crippen LogP contribution < -0.4 is 15.4 Å². The molecule has 0 aromatic heterocycles. The van der Waals surface area contributed by atoms with Gasteiger partial charge in [-0.3, -0.25) is 19.7 Å². The molecule has 2 amide bonds. The van der Waals surface area contributed by atoms with Crippen molar-refractivity contribution in [1.82, 2.24) is 5.32 Å². The Labute approximate surface area is 175 Å². The van der Waals surface area contributed by atoms with E-state index >= 15 is 0 Å². The van der Waals surface area contributed by atoms with Crippen LogP contribution in [0.25, 0.3) is 0 Å². The topological polar surface area (TPSA) is 135 Å². The molecule has 11 heteroatoms. The van der Waals surface area contributed by atoms with Crippen LogP contribution in [0, 0.1) is 10.1 Å². The molecule has 2 aromatic carbocycles. The minimum Gasteiger partial charge on any atom is -0.497 e. The van der Waals surface area contributed by atoms with Gasteiger partial charge < -0.3 is 15.4 Å². The number of hydrogen-bond acceptors (Lipinski definition) is 8. The zero-order valence-corrected chi connectivity index (χ0v) is 16.6. The van der Waals surface area contributed by atoms with E-state index in [1.807, 2.05) is 12.1 Å². The van der Waals surface area contributed by atoms with Gasteiger partial charge in [-0.05, 0) is 35.9 Å². The Kier molecular flexibility index (Phi) is 6.75. The van der Waals surface area contributed by atoms with Crippen LogP contribution in [0.2, 0.25) is 0 Å². The molecule has 1 aliphatic rings. The molecule has 2 N–H and O–H groups in total. The van der Waals surface area contributed by atoms with Crippen molar-refractivity contribution < 1.29 is 19.2 Å². The summed E-state index contributed by atoms with van der Waals surface area (Å²) in [6.07, 6.45) is 1.42. The Hall–Kier alpha value is -3.73. The fourth-order valence-corrected chi connectivity index (χ4v) is 3.43. The number of thioether (sulfide) groups is 1. The summed E-state index contributed by atoms with van der Waals surface area (Å²) in [4.78, 5) is 34.5. The Balaban J connectivity index is 1.55. The molecule has 1 fully saturated rings. The van der Waals surface area contributed by atoms with E-state index in [-0.39, 0.29) is 28.9 Å². The molecule has 0 spiro atoms. The summed E-state index contributed by atoms with van der Waals surface area (Å²) in [6, 6.07) is 12.8. The lowest BCUT2D eigenvalue weighted by Crippen LogP contribution is -2.28. The monoisotopic (exact) mass is 427 g/mol. The first-order valence-electron chi connectivity index (χ1n) is 8.71. The maximum absolute atomic E-state index is 12.2. The summed E-state index contributed by atoms with van der Waals surface area (Å²) in [5, 5.41) is 23.5. The molecule has 154 valence electrons. The van der Waals surface area contributed by atoms with E-state index in [4.69, 9.17) is 4.74 Å². The molecule has 1 saturated heterocycles. The van der Waals surface area contributed by atoms with E-state index in [9.17, 15) is 19.7 Å². The maximum atomic E-state index is 12.2. The number of nitrogens with one attached hydrogen (secondary N) is 2. The number of amidine groups is 1. The Morgan fingerprint density at radius 3 is 2.80 bits per heavy atom. The third-order valence-electron chi connectivity index (χ3n) is 3.96. The van der Waals surface area contributed by atoms with Gasteiger partial charge in [0.1, 0.15) is 11.0 Å². The fraction of sp³-hybridized carbons (Fsp3) is 0.158. The summed E-state index contributed by atoms with van der Waals surface area (Å²) < 4.78 is 5.08. The van der Waals surface area contributed by atoms with Crippen molar-refractivity contribution in [1.29, 1.82) is 0 Å². The van der Waals surface area contributed by atoms with E-state index in [0.717, 1.165) is 23.1 Å². The number of amides is 2. The molecule has 10 nitrogen and oxygen atoms in total. The number of carbonyl (C=O) groups excluding carboxylic acids is 2. The molecule has 0 bridgehead atoms. The highest BCUT2D eigenvalue weighted by molar-refractivity contribution is 8.15. The highest BCUT2D eigenvalue weighted by Gasteiger charge is 2.32. The first kappa shape index (κ1) is 21.0. The summed E-state index contributed by atoms with van der Waals surface area (Å²) in [7, 11) is 1.58. The molecular weight excluding hydrogens is 410 g/mol. The zero-order chi connectivity index (χ0) is 21.5. The maximum Gasteiger partial charge on any atom is 0.271 e. The van der Waals surface area contributed by atoms with Crippen LogP contribution in [0.3, 0.4) is 0 Å². The standard InChI is InChI=1S/C19H17N5O5S/c1-29-15-7-5-12(6-8-15)11-20-23-19-22-18(26)16(30-19)10-17(25)21-13-3-2-4-14(9-13)24(27)28/h2-9,11,16H,10H2,1H3,(H,21,25)(H,22,23,26)/b20-11-/t16-/m0/s1. The van der Waals surface area contributed by atoms with Gasteiger partial charge in [0.25, 0.3) is 5.69 Å². The second-order valence-corrected chi connectivity index (χ2v) is 7.27. The second kappa shape index (κ2) is 9.65. The lowest BCUT2D eigenvalue weighted by atomic mass is 10.2. The molecule has 1 aliphatic heterocycles. The number of anilines is 1. The number of non-ortho nitro benzene ring substituents is 1. The van der Waals surface area contributed by atoms with Gasteiger partial charge in [0.2, 0.25) is 11.8 Å². The highest BCUT2D eigenvalue weighted by atomic mass is 32.2. The molecular formula is C19H17N5O5S. The van der Waals surface area contributed by atoms with Crippen molar-refractivity contribution in [2.45, 2.75) is 11.7 Å². The fourth-order valence-electron chi connectivity index (χ4n) is 2.50. The van der Waals surface area contributed by atoms with Crippen molar-refractivity contribution >= 4 is 46.3 Å². The molecule has 30 heavy (non-hydrogen) atoms. The molecule has 0 aliphatic carbocycles. The third kappa shape index (κ3) is 5.64. The number of benzene rings is 2. The number of ether oxygens (including phenoxy) is 1. The normalized spacial score (nSPS) is 17.2. The van der Waals surface area contributed by atoms with E-state index in [1.165, 1.54) is 30.5 Å². The number of rotatable bonds is 7. The molecule has 3 rings (SSSR count). The van der Waals surface area contributed by atoms with Crippen LogP contribution in [0.15, 0.2) is 58.7 Å². The van der Waals surface area contributed by atoms with Crippen molar-refractivity contribution in [2.24, 2.45) is 10.2 Å². The number of nitro benzene ring substituents is 1. The average Bonchev–Trinajstić information content (AvgIpc) is 3.07. The predicted molar refractivity (Wildman–Crippen MR) is 114 cm³/mol. The average molecular weight is 427 g/mol. The van der Waals surface area contributed by atoms with Crippen molar-refractivity contribution in [3.63, 3.8) is 0 Å². The van der Waals surface area contributed by atoms with Gasteiger partial charge in [0.15, 0.2) is 5.17 Å². The highest BCUT2D eigenvalue weighted by Crippen LogP contribution is 2.24. The summed E-state index contributed by atoms with van der Waals surface area (Å²) in [5.74, 6) is -0.0676. The first-order valence-corrected chi connectivity index (χ1v) is 9.59. The van der Waals surface area contributed by atoms with Gasteiger partial charge in [-0.2, -0.15) is 5.10 Å². The predicted octanol–water partition coefficient (Wildman–Crippen LogP) is 2.55. The third-order valence-corrected chi connectivity index (χ3v) is 5.03. The number of nitrogens with zero attached hydrogens (tertiary/aromatic N) is 3. The minimum absolute atomic E-state index is 0.111. The Bertz CT molecular complexity index is 1020. The van der Waals surface area contributed by atoms with Crippen LogP contribution in [0.1, 0.15) is 12.0 Å². The lowest BCUT2D eigenvalue weighted by Gasteiger charge is -2.07. The summed E-state index contributed by atoms with van der Waals surface area (Å²) in [6.45, 7) is 0. The molecule has 0 unspecified atom stereocenters. The van der Waals surface area contributed by atoms with Crippen LogP contribution in [-0.4, -0.2) is 40.5 Å². The number of hydrogen-bond donors (Lipinski definition) is 2. The van der Waals surface area contributed by atoms with Crippen LogP contribution in [0.5, 0.6) is 5.75 Å². The van der Waals surface area contributed by atoms with Crippen molar-refractivity contribution in [3.8, 4) is 5.75 Å². The number of nitro groups is 1. The summed E-state index contributed by atoms with van der Waals surface area (Å²) in [5.41, 5.74) is 0.961. The Morgan fingerprint density at radius 2 is 2.10 bits per heavy atom. The number of methoxy groups -OCH3 is 1. The van der Waals surface area contributed by atoms with Gasteiger partial charge in [0.05, 0.1) is 18.2 Å².